The molecule has 0 spiro atoms. The highest BCUT2D eigenvalue weighted by atomic mass is 16.6. The summed E-state index contributed by atoms with van der Waals surface area (Å²) in [6.07, 6.45) is 0.957. The predicted octanol–water partition coefficient (Wildman–Crippen LogP) is 4.43. The Morgan fingerprint density at radius 1 is 1.28 bits per heavy atom. The number of anilines is 1. The van der Waals surface area contributed by atoms with E-state index in [0.29, 0.717) is 5.92 Å². The zero-order valence-electron chi connectivity index (χ0n) is 14.6. The van der Waals surface area contributed by atoms with E-state index in [2.05, 4.69) is 19.2 Å². The zero-order chi connectivity index (χ0) is 18.4. The summed E-state index contributed by atoms with van der Waals surface area (Å²) in [5, 5.41) is 13.9. The Morgan fingerprint density at radius 3 is 2.68 bits per heavy atom. The Morgan fingerprint density at radius 2 is 2.00 bits per heavy atom. The number of carbonyl (C=O) groups is 1. The number of amides is 1. The minimum Gasteiger partial charge on any atom is -0.477 e. The average Bonchev–Trinajstić information content (AvgIpc) is 2.60. The molecule has 0 bridgehead atoms. The number of benzene rings is 2. The van der Waals surface area contributed by atoms with E-state index in [-0.39, 0.29) is 24.0 Å². The lowest BCUT2D eigenvalue weighted by Gasteiger charge is -2.15. The Balaban J connectivity index is 2.07. The molecule has 0 unspecified atom stereocenters. The molecule has 0 aliphatic heterocycles. The predicted molar refractivity (Wildman–Crippen MR) is 97.1 cm³/mol. The highest BCUT2D eigenvalue weighted by molar-refractivity contribution is 5.92. The van der Waals surface area contributed by atoms with Crippen LogP contribution in [0.25, 0.3) is 0 Å². The number of nitro benzene ring substituents is 1. The SMILES string of the molecule is CC[C@@H](C)c1ccccc1NC(=O)COc1ccc(C)cc1[N+](=O)[O-]. The number of carbonyl (C=O) groups excluding carboxylic acids is 1. The molecule has 2 aromatic rings. The van der Waals surface area contributed by atoms with Crippen molar-refractivity contribution in [1.82, 2.24) is 0 Å². The van der Waals surface area contributed by atoms with Crippen LogP contribution in [0.2, 0.25) is 0 Å². The van der Waals surface area contributed by atoms with Crippen molar-refractivity contribution in [3.63, 3.8) is 0 Å². The quantitative estimate of drug-likeness (QED) is 0.596. The summed E-state index contributed by atoms with van der Waals surface area (Å²) in [5.41, 5.74) is 2.40. The molecular formula is C19H22N2O4. The standard InChI is InChI=1S/C19H22N2O4/c1-4-14(3)15-7-5-6-8-16(15)20-19(22)12-25-18-10-9-13(2)11-17(18)21(23)24/h5-11,14H,4,12H2,1-3H3,(H,20,22)/t14-/m1/s1. The van der Waals surface area contributed by atoms with Crippen molar-refractivity contribution in [2.75, 3.05) is 11.9 Å². The van der Waals surface area contributed by atoms with Gasteiger partial charge >= 0.3 is 5.69 Å². The van der Waals surface area contributed by atoms with Gasteiger partial charge in [0.1, 0.15) is 0 Å². The first kappa shape index (κ1) is 18.4. The van der Waals surface area contributed by atoms with Gasteiger partial charge in [0.15, 0.2) is 12.4 Å². The molecular weight excluding hydrogens is 320 g/mol. The monoisotopic (exact) mass is 342 g/mol. The van der Waals surface area contributed by atoms with Crippen molar-refractivity contribution in [2.24, 2.45) is 0 Å². The van der Waals surface area contributed by atoms with Gasteiger partial charge in [0.05, 0.1) is 4.92 Å². The molecule has 0 aliphatic rings. The van der Waals surface area contributed by atoms with Gasteiger partial charge in [-0.05, 0) is 42.5 Å². The van der Waals surface area contributed by atoms with Crippen LogP contribution in [0.5, 0.6) is 5.75 Å². The summed E-state index contributed by atoms with van der Waals surface area (Å²) in [4.78, 5) is 22.8. The van der Waals surface area contributed by atoms with E-state index >= 15 is 0 Å². The maximum absolute atomic E-state index is 12.2. The summed E-state index contributed by atoms with van der Waals surface area (Å²) >= 11 is 0. The van der Waals surface area contributed by atoms with Gasteiger partial charge in [-0.25, -0.2) is 0 Å². The molecule has 132 valence electrons. The summed E-state index contributed by atoms with van der Waals surface area (Å²) in [6.45, 7) is 5.65. The van der Waals surface area contributed by atoms with Gasteiger partial charge in [-0.2, -0.15) is 0 Å². The van der Waals surface area contributed by atoms with Crippen molar-refractivity contribution < 1.29 is 14.5 Å². The van der Waals surface area contributed by atoms with Crippen LogP contribution in [-0.2, 0) is 4.79 Å². The van der Waals surface area contributed by atoms with E-state index in [1.54, 1.807) is 13.0 Å². The van der Waals surface area contributed by atoms with Gasteiger partial charge < -0.3 is 10.1 Å². The third-order valence-corrected chi connectivity index (χ3v) is 4.05. The van der Waals surface area contributed by atoms with E-state index in [4.69, 9.17) is 4.74 Å². The Kier molecular flexibility index (Phi) is 6.11. The van der Waals surface area contributed by atoms with Crippen LogP contribution in [0.15, 0.2) is 42.5 Å². The van der Waals surface area contributed by atoms with Crippen molar-refractivity contribution in [2.45, 2.75) is 33.1 Å². The minimum absolute atomic E-state index is 0.0842. The van der Waals surface area contributed by atoms with E-state index in [1.165, 1.54) is 12.1 Å². The number of nitro groups is 1. The second-order valence-corrected chi connectivity index (χ2v) is 5.96. The first-order valence-corrected chi connectivity index (χ1v) is 8.19. The highest BCUT2D eigenvalue weighted by Crippen LogP contribution is 2.28. The second-order valence-electron chi connectivity index (χ2n) is 5.96. The summed E-state index contributed by atoms with van der Waals surface area (Å²) < 4.78 is 5.36. The van der Waals surface area contributed by atoms with Crippen LogP contribution in [0.1, 0.15) is 37.3 Å². The van der Waals surface area contributed by atoms with Crippen LogP contribution in [0.4, 0.5) is 11.4 Å². The third-order valence-electron chi connectivity index (χ3n) is 4.05. The number of hydrogen-bond donors (Lipinski definition) is 1. The van der Waals surface area contributed by atoms with Gasteiger partial charge in [0, 0.05) is 11.8 Å². The smallest absolute Gasteiger partial charge is 0.311 e. The lowest BCUT2D eigenvalue weighted by atomic mass is 9.97. The van der Waals surface area contributed by atoms with E-state index < -0.39 is 4.92 Å². The van der Waals surface area contributed by atoms with E-state index in [9.17, 15) is 14.9 Å². The molecule has 0 saturated carbocycles. The first-order valence-electron chi connectivity index (χ1n) is 8.19. The van der Waals surface area contributed by atoms with Crippen molar-refractivity contribution in [1.29, 1.82) is 0 Å². The van der Waals surface area contributed by atoms with Gasteiger partial charge in [0.25, 0.3) is 5.91 Å². The Bertz CT molecular complexity index is 774. The Labute approximate surface area is 147 Å². The van der Waals surface area contributed by atoms with Crippen LogP contribution in [0.3, 0.4) is 0 Å². The molecule has 0 saturated heterocycles. The number of aryl methyl sites for hydroxylation is 1. The fraction of sp³-hybridized carbons (Fsp3) is 0.316. The zero-order valence-corrected chi connectivity index (χ0v) is 14.6. The molecule has 0 fully saturated rings. The topological polar surface area (TPSA) is 81.5 Å². The van der Waals surface area contributed by atoms with Crippen molar-refractivity contribution in [3.8, 4) is 5.75 Å². The number of ether oxygens (including phenoxy) is 1. The van der Waals surface area contributed by atoms with E-state index in [0.717, 1.165) is 23.2 Å². The van der Waals surface area contributed by atoms with Gasteiger partial charge in [-0.3, -0.25) is 14.9 Å². The molecule has 1 N–H and O–H groups in total. The average molecular weight is 342 g/mol. The lowest BCUT2D eigenvalue weighted by molar-refractivity contribution is -0.385. The third kappa shape index (κ3) is 4.79. The highest BCUT2D eigenvalue weighted by Gasteiger charge is 2.17. The molecule has 6 heteroatoms. The number of para-hydroxylation sites is 1. The Hall–Kier alpha value is -2.89. The van der Waals surface area contributed by atoms with Gasteiger partial charge in [-0.1, -0.05) is 38.1 Å². The molecule has 0 aliphatic carbocycles. The normalized spacial score (nSPS) is 11.6. The largest absolute Gasteiger partial charge is 0.477 e. The molecule has 0 radical (unpaired) electrons. The fourth-order valence-electron chi connectivity index (χ4n) is 2.48. The molecule has 25 heavy (non-hydrogen) atoms. The molecule has 0 heterocycles. The lowest BCUT2D eigenvalue weighted by Crippen LogP contribution is -2.21. The maximum Gasteiger partial charge on any atom is 0.311 e. The van der Waals surface area contributed by atoms with Gasteiger partial charge in [-0.15, -0.1) is 0 Å². The van der Waals surface area contributed by atoms with Crippen molar-refractivity contribution in [3.05, 3.63) is 63.7 Å². The molecule has 1 atom stereocenters. The fourth-order valence-corrected chi connectivity index (χ4v) is 2.48. The minimum atomic E-state index is -0.515. The molecule has 0 aromatic heterocycles. The molecule has 6 nitrogen and oxygen atoms in total. The number of hydrogen-bond acceptors (Lipinski definition) is 4. The molecule has 2 rings (SSSR count). The first-order chi connectivity index (χ1) is 11.9. The maximum atomic E-state index is 12.2. The summed E-state index contributed by atoms with van der Waals surface area (Å²) in [6, 6.07) is 12.2. The molecule has 2 aromatic carbocycles. The number of rotatable bonds is 7. The van der Waals surface area contributed by atoms with Crippen LogP contribution < -0.4 is 10.1 Å². The molecule has 1 amide bonds. The summed E-state index contributed by atoms with van der Waals surface area (Å²) in [5.74, 6) is 0.0437. The van der Waals surface area contributed by atoms with Crippen LogP contribution >= 0.6 is 0 Å². The number of nitrogens with one attached hydrogen (secondary N) is 1. The van der Waals surface area contributed by atoms with Crippen LogP contribution in [0, 0.1) is 17.0 Å². The van der Waals surface area contributed by atoms with E-state index in [1.807, 2.05) is 24.3 Å². The van der Waals surface area contributed by atoms with Crippen LogP contribution in [-0.4, -0.2) is 17.4 Å². The van der Waals surface area contributed by atoms with Crippen molar-refractivity contribution >= 4 is 17.3 Å². The number of nitrogens with zero attached hydrogens (tertiary/aromatic N) is 1. The second kappa shape index (κ2) is 8.28. The van der Waals surface area contributed by atoms with Gasteiger partial charge in [0.2, 0.25) is 0 Å². The summed E-state index contributed by atoms with van der Waals surface area (Å²) in [7, 11) is 0.